The minimum atomic E-state index is -0.241. The second-order valence-corrected chi connectivity index (χ2v) is 5.53. The van der Waals surface area contributed by atoms with Crippen LogP contribution in [0.1, 0.15) is 18.4 Å². The summed E-state index contributed by atoms with van der Waals surface area (Å²) < 4.78 is 11.6. The van der Waals surface area contributed by atoms with Crippen molar-refractivity contribution in [3.63, 3.8) is 0 Å². The minimum absolute atomic E-state index is 0.0153. The lowest BCUT2D eigenvalue weighted by Gasteiger charge is -2.17. The number of rotatable bonds is 2. The number of epoxide rings is 1. The Kier molecular flexibility index (Phi) is 2.79. The molecule has 18 heavy (non-hydrogen) atoms. The summed E-state index contributed by atoms with van der Waals surface area (Å²) in [6.07, 6.45) is 3.46. The van der Waals surface area contributed by atoms with E-state index in [2.05, 4.69) is 28.1 Å². The van der Waals surface area contributed by atoms with E-state index in [1.54, 1.807) is 0 Å². The summed E-state index contributed by atoms with van der Waals surface area (Å²) in [6, 6.07) is 8.17. The van der Waals surface area contributed by atoms with Crippen LogP contribution in [0.4, 0.5) is 0 Å². The van der Waals surface area contributed by atoms with Gasteiger partial charge < -0.3 is 9.47 Å². The molecule has 0 aromatic heterocycles. The van der Waals surface area contributed by atoms with Gasteiger partial charge in [0.1, 0.15) is 11.7 Å². The molecular weight excluding hydrogens is 296 g/mol. The molecule has 2 atom stereocenters. The first-order chi connectivity index (χ1) is 8.65. The van der Waals surface area contributed by atoms with Crippen molar-refractivity contribution in [1.29, 1.82) is 0 Å². The molecule has 0 unspecified atom stereocenters. The van der Waals surface area contributed by atoms with Crippen LogP contribution in [0.3, 0.4) is 0 Å². The van der Waals surface area contributed by atoms with Crippen LogP contribution in [-0.2, 0) is 19.9 Å². The molecule has 2 aliphatic rings. The molecule has 0 saturated carbocycles. The molecule has 0 bridgehead atoms. The van der Waals surface area contributed by atoms with Crippen molar-refractivity contribution in [1.82, 2.24) is 0 Å². The standard InChI is InChI=1S/C14H13BrO3/c1-17-13(16)9-6-7-14(12(8-9)18-14)10-2-4-11(15)5-3-10/h2-5,8,12H,6-7H2,1H3/t12-,14-/m0/s1. The van der Waals surface area contributed by atoms with Crippen LogP contribution in [0.25, 0.3) is 0 Å². The number of carbonyl (C=O) groups excluding carboxylic acids is 1. The molecule has 1 heterocycles. The van der Waals surface area contributed by atoms with Gasteiger partial charge in [-0.2, -0.15) is 0 Å². The van der Waals surface area contributed by atoms with Crippen LogP contribution >= 0.6 is 15.9 Å². The Labute approximate surface area is 114 Å². The zero-order valence-electron chi connectivity index (χ0n) is 9.98. The Morgan fingerprint density at radius 2 is 2.17 bits per heavy atom. The summed E-state index contributed by atoms with van der Waals surface area (Å²) in [5.41, 5.74) is 1.70. The van der Waals surface area contributed by atoms with Gasteiger partial charge >= 0.3 is 5.97 Å². The Hall–Kier alpha value is -1.13. The van der Waals surface area contributed by atoms with Crippen molar-refractivity contribution in [3.05, 3.63) is 46.0 Å². The molecule has 1 aromatic rings. The second-order valence-electron chi connectivity index (χ2n) is 4.62. The van der Waals surface area contributed by atoms with Crippen molar-refractivity contribution in [3.8, 4) is 0 Å². The largest absolute Gasteiger partial charge is 0.466 e. The van der Waals surface area contributed by atoms with Gasteiger partial charge in [0.15, 0.2) is 0 Å². The fourth-order valence-corrected chi connectivity index (χ4v) is 2.82. The molecule has 1 aliphatic carbocycles. The average Bonchev–Trinajstić information content (AvgIpc) is 3.13. The number of carbonyl (C=O) groups is 1. The fraction of sp³-hybridized carbons (Fsp3) is 0.357. The second kappa shape index (κ2) is 4.21. The number of fused-ring (bicyclic) bond motifs is 1. The van der Waals surface area contributed by atoms with Gasteiger partial charge in [-0.1, -0.05) is 28.1 Å². The van der Waals surface area contributed by atoms with Gasteiger partial charge in [0.05, 0.1) is 7.11 Å². The molecule has 4 heteroatoms. The molecular formula is C14H13BrO3. The van der Waals surface area contributed by atoms with Crippen LogP contribution in [0, 0.1) is 0 Å². The van der Waals surface area contributed by atoms with Gasteiger partial charge in [-0.3, -0.25) is 0 Å². The number of benzene rings is 1. The summed E-state index contributed by atoms with van der Waals surface area (Å²) >= 11 is 3.42. The summed E-state index contributed by atoms with van der Waals surface area (Å²) in [5, 5.41) is 0. The van der Waals surface area contributed by atoms with Crippen molar-refractivity contribution >= 4 is 21.9 Å². The molecule has 3 rings (SSSR count). The third kappa shape index (κ3) is 1.80. The van der Waals surface area contributed by atoms with Crippen molar-refractivity contribution in [2.75, 3.05) is 7.11 Å². The normalized spacial score (nSPS) is 29.2. The van der Waals surface area contributed by atoms with E-state index in [1.165, 1.54) is 12.7 Å². The Morgan fingerprint density at radius 1 is 1.44 bits per heavy atom. The monoisotopic (exact) mass is 308 g/mol. The lowest BCUT2D eigenvalue weighted by atomic mass is 9.84. The van der Waals surface area contributed by atoms with Crippen LogP contribution in [0.5, 0.6) is 0 Å². The lowest BCUT2D eigenvalue weighted by Crippen LogP contribution is -2.19. The first-order valence-electron chi connectivity index (χ1n) is 5.88. The van der Waals surface area contributed by atoms with Crippen LogP contribution in [0.2, 0.25) is 0 Å². The van der Waals surface area contributed by atoms with Crippen LogP contribution in [-0.4, -0.2) is 19.2 Å². The predicted octanol–water partition coefficient (Wildman–Crippen LogP) is 2.94. The maximum atomic E-state index is 11.5. The Bertz CT molecular complexity index is 520. The molecule has 94 valence electrons. The highest BCUT2D eigenvalue weighted by molar-refractivity contribution is 9.10. The van der Waals surface area contributed by atoms with Gasteiger partial charge in [0.25, 0.3) is 0 Å². The molecule has 1 fully saturated rings. The fourth-order valence-electron chi connectivity index (χ4n) is 2.56. The highest BCUT2D eigenvalue weighted by Gasteiger charge is 2.58. The zero-order chi connectivity index (χ0) is 12.8. The molecule has 0 N–H and O–H groups in total. The maximum Gasteiger partial charge on any atom is 0.333 e. The molecule has 0 spiro atoms. The van der Waals surface area contributed by atoms with E-state index >= 15 is 0 Å². The third-order valence-electron chi connectivity index (χ3n) is 3.64. The summed E-state index contributed by atoms with van der Waals surface area (Å²) in [4.78, 5) is 11.5. The number of methoxy groups -OCH3 is 1. The Morgan fingerprint density at radius 3 is 2.78 bits per heavy atom. The van der Waals surface area contributed by atoms with Gasteiger partial charge in [0.2, 0.25) is 0 Å². The van der Waals surface area contributed by atoms with Crippen molar-refractivity contribution < 1.29 is 14.3 Å². The van der Waals surface area contributed by atoms with Crippen molar-refractivity contribution in [2.45, 2.75) is 24.5 Å². The minimum Gasteiger partial charge on any atom is -0.466 e. The average molecular weight is 309 g/mol. The van der Waals surface area contributed by atoms with Crippen LogP contribution in [0.15, 0.2) is 40.4 Å². The SMILES string of the molecule is COC(=O)C1=C[C@@H]2O[C@]2(c2ccc(Br)cc2)CC1. The van der Waals surface area contributed by atoms with E-state index in [4.69, 9.17) is 9.47 Å². The van der Waals surface area contributed by atoms with Gasteiger partial charge in [-0.15, -0.1) is 0 Å². The van der Waals surface area contributed by atoms with E-state index < -0.39 is 0 Å². The topological polar surface area (TPSA) is 38.8 Å². The zero-order valence-corrected chi connectivity index (χ0v) is 11.6. The molecule has 0 amide bonds. The molecule has 1 aliphatic heterocycles. The van der Waals surface area contributed by atoms with Crippen molar-refractivity contribution in [2.24, 2.45) is 0 Å². The maximum absolute atomic E-state index is 11.5. The predicted molar refractivity (Wildman–Crippen MR) is 70.0 cm³/mol. The van der Waals surface area contributed by atoms with Gasteiger partial charge in [-0.05, 0) is 36.6 Å². The van der Waals surface area contributed by atoms with E-state index in [-0.39, 0.29) is 17.7 Å². The quantitative estimate of drug-likeness (QED) is 0.623. The van der Waals surface area contributed by atoms with Crippen LogP contribution < -0.4 is 0 Å². The number of hydrogen-bond donors (Lipinski definition) is 0. The van der Waals surface area contributed by atoms with E-state index in [0.717, 1.165) is 16.5 Å². The summed E-state index contributed by atoms with van der Waals surface area (Å²) in [7, 11) is 1.41. The first kappa shape index (κ1) is 11.9. The van der Waals surface area contributed by atoms with E-state index in [1.807, 2.05) is 18.2 Å². The molecule has 1 saturated heterocycles. The lowest BCUT2D eigenvalue weighted by molar-refractivity contribution is -0.136. The number of hydrogen-bond acceptors (Lipinski definition) is 3. The highest BCUT2D eigenvalue weighted by Crippen LogP contribution is 2.54. The van der Waals surface area contributed by atoms with Gasteiger partial charge in [-0.25, -0.2) is 4.79 Å². The molecule has 0 radical (unpaired) electrons. The highest BCUT2D eigenvalue weighted by atomic mass is 79.9. The smallest absolute Gasteiger partial charge is 0.333 e. The summed E-state index contributed by atoms with van der Waals surface area (Å²) in [6.45, 7) is 0. The van der Waals surface area contributed by atoms with E-state index in [0.29, 0.717) is 6.42 Å². The number of ether oxygens (including phenoxy) is 2. The Balaban J connectivity index is 1.84. The molecule has 1 aromatic carbocycles. The van der Waals surface area contributed by atoms with Gasteiger partial charge in [0, 0.05) is 10.0 Å². The summed E-state index contributed by atoms with van der Waals surface area (Å²) in [5.74, 6) is -0.241. The van der Waals surface area contributed by atoms with E-state index in [9.17, 15) is 4.79 Å². The molecule has 3 nitrogen and oxygen atoms in total. The third-order valence-corrected chi connectivity index (χ3v) is 4.17. The number of esters is 1. The number of halogens is 1. The first-order valence-corrected chi connectivity index (χ1v) is 6.68.